The molecule has 0 saturated carbocycles. The molecule has 0 radical (unpaired) electrons. The fourth-order valence-electron chi connectivity index (χ4n) is 3.79. The van der Waals surface area contributed by atoms with Gasteiger partial charge in [-0.25, -0.2) is 0 Å². The number of hydrogen-bond donors (Lipinski definition) is 1. The predicted octanol–water partition coefficient (Wildman–Crippen LogP) is 6.81. The molecule has 0 heterocycles. The van der Waals surface area contributed by atoms with Gasteiger partial charge >= 0.3 is 0 Å². The summed E-state index contributed by atoms with van der Waals surface area (Å²) in [4.78, 5) is 24.5. The molecule has 3 nitrogen and oxygen atoms in total. The molecule has 27 heavy (non-hydrogen) atoms. The number of aliphatic hydroxyl groups is 1. The van der Waals surface area contributed by atoms with Gasteiger partial charge < -0.3 is 5.11 Å². The molecule has 0 spiro atoms. The largest absolute Gasteiger partial charge is 0.507 e. The van der Waals surface area contributed by atoms with Crippen molar-refractivity contribution in [2.75, 3.05) is 0 Å². The van der Waals surface area contributed by atoms with Gasteiger partial charge in [0, 0.05) is 16.7 Å². The molecular weight excluding hydrogens is 336 g/mol. The van der Waals surface area contributed by atoms with Crippen molar-refractivity contribution in [1.29, 1.82) is 0 Å². The van der Waals surface area contributed by atoms with E-state index in [0.29, 0.717) is 23.1 Å². The molecule has 0 aliphatic heterocycles. The zero-order valence-electron chi connectivity index (χ0n) is 16.8. The van der Waals surface area contributed by atoms with E-state index in [-0.39, 0.29) is 5.76 Å². The van der Waals surface area contributed by atoms with Crippen LogP contribution in [0, 0.1) is 0 Å². The van der Waals surface area contributed by atoms with Gasteiger partial charge in [-0.1, -0.05) is 102 Å². The number of benzene rings is 1. The molecule has 0 saturated heterocycles. The van der Waals surface area contributed by atoms with E-state index in [9.17, 15) is 14.7 Å². The Kier molecular flexibility index (Phi) is 9.30. The smallest absolute Gasteiger partial charge is 0.234 e. The molecule has 0 unspecified atom stereocenters. The van der Waals surface area contributed by atoms with Gasteiger partial charge in [-0.2, -0.15) is 0 Å². The Morgan fingerprint density at radius 1 is 0.667 bits per heavy atom. The Bertz CT molecular complexity index is 657. The second-order valence-corrected chi connectivity index (χ2v) is 7.67. The van der Waals surface area contributed by atoms with E-state index in [1.165, 1.54) is 57.8 Å². The van der Waals surface area contributed by atoms with Gasteiger partial charge in [-0.05, 0) is 12.8 Å². The molecule has 1 aromatic rings. The van der Waals surface area contributed by atoms with Gasteiger partial charge in [0.2, 0.25) is 11.6 Å². The Morgan fingerprint density at radius 2 is 1.15 bits per heavy atom. The molecule has 3 heteroatoms. The number of hydrogen-bond acceptors (Lipinski definition) is 3. The molecule has 0 amide bonds. The predicted molar refractivity (Wildman–Crippen MR) is 111 cm³/mol. The first-order valence-electron chi connectivity index (χ1n) is 10.8. The summed E-state index contributed by atoms with van der Waals surface area (Å²) in [6, 6.07) is 6.80. The minimum atomic E-state index is -0.533. The SMILES string of the molecule is CCCCCCCCCCCCCCC1=C(O)c2ccccc2C(=O)C1=O. The van der Waals surface area contributed by atoms with Crippen LogP contribution in [0.15, 0.2) is 29.8 Å². The zero-order chi connectivity index (χ0) is 19.5. The number of unbranched alkanes of at least 4 members (excludes halogenated alkanes) is 11. The van der Waals surface area contributed by atoms with E-state index in [4.69, 9.17) is 0 Å². The lowest BCUT2D eigenvalue weighted by Gasteiger charge is -2.17. The highest BCUT2D eigenvalue weighted by Gasteiger charge is 2.31. The molecule has 0 bridgehead atoms. The third-order valence-corrected chi connectivity index (χ3v) is 5.47. The Hall–Kier alpha value is -1.90. The monoisotopic (exact) mass is 370 g/mol. The maximum Gasteiger partial charge on any atom is 0.234 e. The summed E-state index contributed by atoms with van der Waals surface area (Å²) in [5.41, 5.74) is 1.11. The van der Waals surface area contributed by atoms with Crippen molar-refractivity contribution in [3.05, 3.63) is 41.0 Å². The van der Waals surface area contributed by atoms with Crippen molar-refractivity contribution in [2.24, 2.45) is 0 Å². The van der Waals surface area contributed by atoms with Gasteiger partial charge in [0.1, 0.15) is 5.76 Å². The lowest BCUT2D eigenvalue weighted by atomic mass is 9.86. The minimum absolute atomic E-state index is 0.00160. The van der Waals surface area contributed by atoms with Crippen LogP contribution < -0.4 is 0 Å². The van der Waals surface area contributed by atoms with Crippen molar-refractivity contribution in [3.8, 4) is 0 Å². The maximum atomic E-state index is 12.3. The Balaban J connectivity index is 1.63. The molecule has 148 valence electrons. The standard InChI is InChI=1S/C24H34O3/c1-2-3-4-5-6-7-8-9-10-11-12-13-18-21-22(25)19-16-14-15-17-20(19)23(26)24(21)27/h14-17,25H,2-13,18H2,1H3. The number of rotatable bonds is 13. The van der Waals surface area contributed by atoms with Crippen LogP contribution in [0.4, 0.5) is 0 Å². The first-order valence-corrected chi connectivity index (χ1v) is 10.8. The van der Waals surface area contributed by atoms with Crippen molar-refractivity contribution >= 4 is 17.3 Å². The summed E-state index contributed by atoms with van der Waals surface area (Å²) in [6.45, 7) is 2.25. The molecule has 1 N–H and O–H groups in total. The molecular formula is C24H34O3. The van der Waals surface area contributed by atoms with Crippen LogP contribution in [0.3, 0.4) is 0 Å². The number of carbonyl (C=O) groups is 2. The lowest BCUT2D eigenvalue weighted by Crippen LogP contribution is -2.24. The van der Waals surface area contributed by atoms with Crippen LogP contribution >= 0.6 is 0 Å². The van der Waals surface area contributed by atoms with E-state index in [0.717, 1.165) is 19.3 Å². The van der Waals surface area contributed by atoms with Crippen LogP contribution in [-0.4, -0.2) is 16.7 Å². The number of aliphatic hydroxyl groups excluding tert-OH is 1. The van der Waals surface area contributed by atoms with Gasteiger partial charge in [0.05, 0.1) is 0 Å². The van der Waals surface area contributed by atoms with Crippen LogP contribution in [0.5, 0.6) is 0 Å². The third kappa shape index (κ3) is 6.34. The van der Waals surface area contributed by atoms with Crippen LogP contribution in [0.2, 0.25) is 0 Å². The molecule has 1 aliphatic carbocycles. The molecule has 0 aromatic heterocycles. The molecule has 0 atom stereocenters. The van der Waals surface area contributed by atoms with Gasteiger partial charge in [0.15, 0.2) is 0 Å². The number of carbonyl (C=O) groups excluding carboxylic acids is 2. The summed E-state index contributed by atoms with van der Waals surface area (Å²) in [5, 5.41) is 10.4. The number of Topliss-reactive ketones (excluding diaryl/α,β-unsaturated/α-hetero) is 2. The first kappa shape index (κ1) is 21.4. The van der Waals surface area contributed by atoms with Gasteiger partial charge in [-0.3, -0.25) is 9.59 Å². The second-order valence-electron chi connectivity index (χ2n) is 7.67. The number of fused-ring (bicyclic) bond motifs is 1. The topological polar surface area (TPSA) is 54.4 Å². The highest BCUT2D eigenvalue weighted by Crippen LogP contribution is 2.30. The third-order valence-electron chi connectivity index (χ3n) is 5.47. The van der Waals surface area contributed by atoms with Crippen molar-refractivity contribution in [3.63, 3.8) is 0 Å². The van der Waals surface area contributed by atoms with Crippen LogP contribution in [0.25, 0.3) is 5.76 Å². The van der Waals surface area contributed by atoms with E-state index in [2.05, 4.69) is 6.92 Å². The molecule has 2 rings (SSSR count). The first-order chi connectivity index (χ1) is 13.2. The normalized spacial score (nSPS) is 14.0. The minimum Gasteiger partial charge on any atom is -0.507 e. The highest BCUT2D eigenvalue weighted by molar-refractivity contribution is 6.52. The number of ketones is 2. The quantitative estimate of drug-likeness (QED) is 0.306. The summed E-state index contributed by atoms with van der Waals surface area (Å²) in [7, 11) is 0. The fourth-order valence-corrected chi connectivity index (χ4v) is 3.79. The van der Waals surface area contributed by atoms with E-state index in [1.54, 1.807) is 24.3 Å². The Morgan fingerprint density at radius 3 is 1.70 bits per heavy atom. The van der Waals surface area contributed by atoms with Crippen LogP contribution in [-0.2, 0) is 4.79 Å². The summed E-state index contributed by atoms with van der Waals surface area (Å²) in [5.74, 6) is -1.02. The highest BCUT2D eigenvalue weighted by atomic mass is 16.3. The summed E-state index contributed by atoms with van der Waals surface area (Å²) in [6.07, 6.45) is 15.5. The fraction of sp³-hybridized carbons (Fsp3) is 0.583. The molecule has 1 aromatic carbocycles. The van der Waals surface area contributed by atoms with E-state index in [1.807, 2.05) is 0 Å². The summed E-state index contributed by atoms with van der Waals surface area (Å²) >= 11 is 0. The van der Waals surface area contributed by atoms with Gasteiger partial charge in [-0.15, -0.1) is 0 Å². The van der Waals surface area contributed by atoms with Gasteiger partial charge in [0.25, 0.3) is 0 Å². The van der Waals surface area contributed by atoms with Crippen molar-refractivity contribution in [2.45, 2.75) is 90.4 Å². The van der Waals surface area contributed by atoms with Crippen molar-refractivity contribution < 1.29 is 14.7 Å². The van der Waals surface area contributed by atoms with E-state index >= 15 is 0 Å². The lowest BCUT2D eigenvalue weighted by molar-refractivity contribution is -0.112. The average Bonchev–Trinajstić information content (AvgIpc) is 2.69. The summed E-state index contributed by atoms with van der Waals surface area (Å²) < 4.78 is 0. The van der Waals surface area contributed by atoms with Crippen LogP contribution in [0.1, 0.15) is 106 Å². The molecule has 0 fully saturated rings. The average molecular weight is 371 g/mol. The maximum absolute atomic E-state index is 12.3. The molecule has 1 aliphatic rings. The Labute approximate surface area is 163 Å². The second kappa shape index (κ2) is 11.7. The number of allylic oxidation sites excluding steroid dienone is 1. The zero-order valence-corrected chi connectivity index (χ0v) is 16.8. The van der Waals surface area contributed by atoms with Crippen molar-refractivity contribution in [1.82, 2.24) is 0 Å². The van der Waals surface area contributed by atoms with E-state index < -0.39 is 11.6 Å².